The van der Waals surface area contributed by atoms with E-state index in [2.05, 4.69) is 31.2 Å². The van der Waals surface area contributed by atoms with Crippen LogP contribution in [0.1, 0.15) is 0 Å². The number of hydrogen-bond donors (Lipinski definition) is 2. The number of rotatable bonds is 2. The van der Waals surface area contributed by atoms with Gasteiger partial charge in [0, 0.05) is 16.9 Å². The van der Waals surface area contributed by atoms with E-state index in [1.807, 2.05) is 12.1 Å². The minimum absolute atomic E-state index is 0.395. The number of nitrogens with one attached hydrogen (secondary N) is 1. The zero-order valence-electron chi connectivity index (χ0n) is 8.11. The maximum absolute atomic E-state index is 5.78. The molecule has 1 heterocycles. The number of anilines is 3. The Morgan fingerprint density at radius 2 is 1.94 bits per heavy atom. The summed E-state index contributed by atoms with van der Waals surface area (Å²) < 4.78 is 0.675. The molecule has 2 aromatic rings. The lowest BCUT2D eigenvalue weighted by Crippen LogP contribution is -2.00. The fourth-order valence-electron chi connectivity index (χ4n) is 1.10. The summed E-state index contributed by atoms with van der Waals surface area (Å²) in [4.78, 5) is 8.14. The van der Waals surface area contributed by atoms with Crippen LogP contribution in [-0.2, 0) is 0 Å². The molecule has 1 aromatic heterocycles. The summed E-state index contributed by atoms with van der Waals surface area (Å²) in [6.07, 6.45) is 1.60. The Bertz CT molecular complexity index is 501. The van der Waals surface area contributed by atoms with Gasteiger partial charge < -0.3 is 11.1 Å². The van der Waals surface area contributed by atoms with Gasteiger partial charge in [0.1, 0.15) is 5.82 Å². The summed E-state index contributed by atoms with van der Waals surface area (Å²) in [5, 5.41) is 3.70. The highest BCUT2D eigenvalue weighted by Gasteiger charge is 2.01. The third-order valence-corrected chi connectivity index (χ3v) is 2.73. The second-order valence-electron chi connectivity index (χ2n) is 3.06. The number of halogens is 2. The first-order chi connectivity index (χ1) is 7.65. The Balaban J connectivity index is 2.20. The van der Waals surface area contributed by atoms with Crippen molar-refractivity contribution in [1.82, 2.24) is 9.97 Å². The smallest absolute Gasteiger partial charge is 0.229 e. The van der Waals surface area contributed by atoms with Crippen molar-refractivity contribution in [2.24, 2.45) is 0 Å². The molecular formula is C10H8BrClN4. The molecule has 4 nitrogen and oxygen atoms in total. The van der Waals surface area contributed by atoms with E-state index in [1.54, 1.807) is 18.3 Å². The number of nitrogens with two attached hydrogens (primary N) is 1. The maximum atomic E-state index is 5.78. The van der Waals surface area contributed by atoms with Crippen molar-refractivity contribution < 1.29 is 0 Å². The van der Waals surface area contributed by atoms with E-state index in [0.29, 0.717) is 21.3 Å². The first-order valence-corrected chi connectivity index (χ1v) is 5.63. The predicted octanol–water partition coefficient (Wildman–Crippen LogP) is 3.22. The van der Waals surface area contributed by atoms with Crippen LogP contribution in [0.2, 0.25) is 5.02 Å². The maximum Gasteiger partial charge on any atom is 0.229 e. The minimum atomic E-state index is 0.395. The number of benzene rings is 1. The second-order valence-corrected chi connectivity index (χ2v) is 4.35. The van der Waals surface area contributed by atoms with Gasteiger partial charge in [-0.3, -0.25) is 0 Å². The first kappa shape index (κ1) is 11.2. The van der Waals surface area contributed by atoms with E-state index in [4.69, 9.17) is 17.3 Å². The van der Waals surface area contributed by atoms with Gasteiger partial charge in [0.15, 0.2) is 0 Å². The van der Waals surface area contributed by atoms with Gasteiger partial charge in [-0.2, -0.15) is 4.98 Å². The normalized spacial score (nSPS) is 10.1. The van der Waals surface area contributed by atoms with Crippen LogP contribution in [0.5, 0.6) is 0 Å². The van der Waals surface area contributed by atoms with Crippen molar-refractivity contribution in [3.8, 4) is 0 Å². The van der Waals surface area contributed by atoms with E-state index >= 15 is 0 Å². The molecule has 0 radical (unpaired) electrons. The second kappa shape index (κ2) is 4.67. The molecule has 0 bridgehead atoms. The number of nitrogen functional groups attached to an aromatic ring is 1. The Hall–Kier alpha value is -1.33. The van der Waals surface area contributed by atoms with Crippen LogP contribution in [0.15, 0.2) is 34.9 Å². The lowest BCUT2D eigenvalue weighted by molar-refractivity contribution is 1.16. The molecule has 0 aliphatic heterocycles. The summed E-state index contributed by atoms with van der Waals surface area (Å²) in [5.41, 5.74) is 6.49. The zero-order chi connectivity index (χ0) is 11.5. The van der Waals surface area contributed by atoms with E-state index in [0.717, 1.165) is 5.69 Å². The molecule has 0 atom stereocenters. The topological polar surface area (TPSA) is 63.8 Å². The summed E-state index contributed by atoms with van der Waals surface area (Å²) in [6, 6.07) is 7.24. The standard InChI is InChI=1S/C10H8BrClN4/c11-8-5-14-10(16-9(8)13)15-7-3-1-6(12)2-4-7/h1-5H,(H3,13,14,15,16). The molecular weight excluding hydrogens is 291 g/mol. The van der Waals surface area contributed by atoms with Gasteiger partial charge in [-0.1, -0.05) is 11.6 Å². The van der Waals surface area contributed by atoms with Crippen LogP contribution in [-0.4, -0.2) is 9.97 Å². The lowest BCUT2D eigenvalue weighted by Gasteiger charge is -2.05. The molecule has 0 aliphatic rings. The molecule has 0 fully saturated rings. The van der Waals surface area contributed by atoms with Gasteiger partial charge >= 0.3 is 0 Å². The molecule has 0 saturated heterocycles. The van der Waals surface area contributed by atoms with Gasteiger partial charge in [0.05, 0.1) is 4.47 Å². The van der Waals surface area contributed by atoms with Crippen LogP contribution < -0.4 is 11.1 Å². The fraction of sp³-hybridized carbons (Fsp3) is 0. The van der Waals surface area contributed by atoms with Crippen molar-refractivity contribution in [2.75, 3.05) is 11.1 Å². The van der Waals surface area contributed by atoms with Gasteiger partial charge in [-0.05, 0) is 40.2 Å². The van der Waals surface area contributed by atoms with Crippen LogP contribution >= 0.6 is 27.5 Å². The third kappa shape index (κ3) is 2.62. The molecule has 6 heteroatoms. The van der Waals surface area contributed by atoms with Gasteiger partial charge in [-0.25, -0.2) is 4.98 Å². The summed E-state index contributed by atoms with van der Waals surface area (Å²) >= 11 is 9.00. The van der Waals surface area contributed by atoms with Crippen molar-refractivity contribution >= 4 is 45.0 Å². The molecule has 82 valence electrons. The third-order valence-electron chi connectivity index (χ3n) is 1.87. The van der Waals surface area contributed by atoms with Crippen molar-refractivity contribution in [1.29, 1.82) is 0 Å². The van der Waals surface area contributed by atoms with E-state index in [-0.39, 0.29) is 0 Å². The van der Waals surface area contributed by atoms with Gasteiger partial charge in [-0.15, -0.1) is 0 Å². The largest absolute Gasteiger partial charge is 0.383 e. The Labute approximate surface area is 106 Å². The minimum Gasteiger partial charge on any atom is -0.383 e. The van der Waals surface area contributed by atoms with E-state index in [1.165, 1.54) is 0 Å². The van der Waals surface area contributed by atoms with Crippen molar-refractivity contribution in [3.05, 3.63) is 40.0 Å². The molecule has 0 aliphatic carbocycles. The molecule has 0 unspecified atom stereocenters. The van der Waals surface area contributed by atoms with Crippen molar-refractivity contribution in [2.45, 2.75) is 0 Å². The number of nitrogens with zero attached hydrogens (tertiary/aromatic N) is 2. The molecule has 16 heavy (non-hydrogen) atoms. The molecule has 0 spiro atoms. The predicted molar refractivity (Wildman–Crippen MR) is 68.9 cm³/mol. The Morgan fingerprint density at radius 3 is 2.56 bits per heavy atom. The molecule has 0 amide bonds. The Morgan fingerprint density at radius 1 is 1.25 bits per heavy atom. The summed E-state index contributed by atoms with van der Waals surface area (Å²) in [7, 11) is 0. The molecule has 3 N–H and O–H groups in total. The first-order valence-electron chi connectivity index (χ1n) is 4.46. The monoisotopic (exact) mass is 298 g/mol. The fourth-order valence-corrected chi connectivity index (χ4v) is 1.42. The summed E-state index contributed by atoms with van der Waals surface area (Å²) in [6.45, 7) is 0. The Kier molecular flexibility index (Phi) is 3.26. The quantitative estimate of drug-likeness (QED) is 0.893. The lowest BCUT2D eigenvalue weighted by atomic mass is 10.3. The molecule has 2 rings (SSSR count). The summed E-state index contributed by atoms with van der Waals surface area (Å²) in [5.74, 6) is 0.842. The molecule has 1 aromatic carbocycles. The number of aromatic nitrogens is 2. The van der Waals surface area contributed by atoms with Crippen LogP contribution in [0.25, 0.3) is 0 Å². The zero-order valence-corrected chi connectivity index (χ0v) is 10.5. The SMILES string of the molecule is Nc1nc(Nc2ccc(Cl)cc2)ncc1Br. The van der Waals surface area contributed by atoms with Crippen LogP contribution in [0.4, 0.5) is 17.5 Å². The van der Waals surface area contributed by atoms with Crippen LogP contribution in [0, 0.1) is 0 Å². The number of hydrogen-bond acceptors (Lipinski definition) is 4. The van der Waals surface area contributed by atoms with E-state index in [9.17, 15) is 0 Å². The highest BCUT2D eigenvalue weighted by Crippen LogP contribution is 2.20. The van der Waals surface area contributed by atoms with Crippen LogP contribution in [0.3, 0.4) is 0 Å². The average molecular weight is 300 g/mol. The highest BCUT2D eigenvalue weighted by atomic mass is 79.9. The average Bonchev–Trinajstić information content (AvgIpc) is 2.27. The van der Waals surface area contributed by atoms with Gasteiger partial charge in [0.25, 0.3) is 0 Å². The highest BCUT2D eigenvalue weighted by molar-refractivity contribution is 9.10. The van der Waals surface area contributed by atoms with Gasteiger partial charge in [0.2, 0.25) is 5.95 Å². The van der Waals surface area contributed by atoms with Crippen molar-refractivity contribution in [3.63, 3.8) is 0 Å². The molecule has 0 saturated carbocycles. The van der Waals surface area contributed by atoms with E-state index < -0.39 is 0 Å².